The third kappa shape index (κ3) is 4.29. The zero-order chi connectivity index (χ0) is 13.8. The zero-order valence-corrected chi connectivity index (χ0v) is 11.5. The van der Waals surface area contributed by atoms with Gasteiger partial charge in [0.05, 0.1) is 4.90 Å². The van der Waals surface area contributed by atoms with E-state index in [1.165, 1.54) is 12.1 Å². The number of benzene rings is 1. The van der Waals surface area contributed by atoms with E-state index in [9.17, 15) is 13.2 Å². The minimum Gasteiger partial charge on any atom is -0.326 e. The highest BCUT2D eigenvalue weighted by Gasteiger charge is 2.11. The van der Waals surface area contributed by atoms with Gasteiger partial charge in [0.25, 0.3) is 0 Å². The van der Waals surface area contributed by atoms with Gasteiger partial charge in [-0.1, -0.05) is 6.07 Å². The van der Waals surface area contributed by atoms with Gasteiger partial charge in [-0.05, 0) is 31.0 Å². The Balaban J connectivity index is 2.92. The number of primary sulfonamides is 1. The van der Waals surface area contributed by atoms with E-state index in [0.717, 1.165) is 5.56 Å². The lowest BCUT2D eigenvalue weighted by atomic mass is 10.2. The predicted octanol–water partition coefficient (Wildman–Crippen LogP) is 1.60. The van der Waals surface area contributed by atoms with Crippen molar-refractivity contribution in [2.45, 2.75) is 24.7 Å². The van der Waals surface area contributed by atoms with Gasteiger partial charge in [0.2, 0.25) is 15.9 Å². The first-order chi connectivity index (χ1) is 8.34. The fourth-order valence-electron chi connectivity index (χ4n) is 1.35. The highest BCUT2D eigenvalue weighted by Crippen LogP contribution is 2.19. The number of nitrogens with two attached hydrogens (primary N) is 1. The molecule has 0 radical (unpaired) electrons. The largest absolute Gasteiger partial charge is 0.326 e. The van der Waals surface area contributed by atoms with Crippen LogP contribution in [-0.2, 0) is 14.8 Å². The average molecular weight is 291 g/mol. The normalized spacial score (nSPS) is 11.3. The summed E-state index contributed by atoms with van der Waals surface area (Å²) in [6.07, 6.45) is 0.865. The van der Waals surface area contributed by atoms with E-state index in [0.29, 0.717) is 24.4 Å². The molecule has 0 atom stereocenters. The molecule has 3 N–H and O–H groups in total. The Bertz CT molecular complexity index is 543. The number of alkyl halides is 1. The molecular formula is C11H15ClN2O3S. The van der Waals surface area contributed by atoms with Crippen molar-refractivity contribution in [2.24, 2.45) is 5.14 Å². The van der Waals surface area contributed by atoms with E-state index in [1.54, 1.807) is 13.0 Å². The molecule has 0 saturated heterocycles. The number of sulfonamides is 1. The number of hydrogen-bond donors (Lipinski definition) is 2. The van der Waals surface area contributed by atoms with E-state index in [2.05, 4.69) is 5.32 Å². The summed E-state index contributed by atoms with van der Waals surface area (Å²) in [4.78, 5) is 11.5. The van der Waals surface area contributed by atoms with Crippen LogP contribution in [0.15, 0.2) is 23.1 Å². The maximum Gasteiger partial charge on any atom is 0.238 e. The molecule has 1 aromatic rings. The van der Waals surface area contributed by atoms with E-state index < -0.39 is 10.0 Å². The van der Waals surface area contributed by atoms with Gasteiger partial charge in [-0.3, -0.25) is 4.79 Å². The smallest absolute Gasteiger partial charge is 0.238 e. The topological polar surface area (TPSA) is 89.3 Å². The Morgan fingerprint density at radius 1 is 1.44 bits per heavy atom. The first kappa shape index (κ1) is 14.9. The summed E-state index contributed by atoms with van der Waals surface area (Å²) in [6.45, 7) is 1.77. The minimum absolute atomic E-state index is 0.0271. The lowest BCUT2D eigenvalue weighted by molar-refractivity contribution is -0.116. The second-order valence-corrected chi connectivity index (χ2v) is 5.80. The molecule has 0 bridgehead atoms. The molecule has 0 spiro atoms. The minimum atomic E-state index is -3.77. The summed E-state index contributed by atoms with van der Waals surface area (Å²) in [7, 11) is -3.77. The molecule has 100 valence electrons. The van der Waals surface area contributed by atoms with Crippen LogP contribution in [0, 0.1) is 6.92 Å². The van der Waals surface area contributed by atoms with E-state index in [1.807, 2.05) is 0 Å². The quantitative estimate of drug-likeness (QED) is 0.807. The number of carbonyl (C=O) groups is 1. The van der Waals surface area contributed by atoms with Gasteiger partial charge >= 0.3 is 0 Å². The number of aryl methyl sites for hydroxylation is 1. The van der Waals surface area contributed by atoms with Crippen LogP contribution in [0.1, 0.15) is 18.4 Å². The molecule has 1 aromatic carbocycles. The predicted molar refractivity (Wildman–Crippen MR) is 71.1 cm³/mol. The molecule has 0 aliphatic carbocycles. The third-order valence-electron chi connectivity index (χ3n) is 2.35. The van der Waals surface area contributed by atoms with Crippen molar-refractivity contribution in [1.29, 1.82) is 0 Å². The Kier molecular flexibility index (Phi) is 5.13. The number of halogens is 1. The molecule has 0 aliphatic heterocycles. The standard InChI is InChI=1S/C11H15ClN2O3S/c1-8-4-5-9(18(13,16)17)7-10(8)14-11(15)3-2-6-12/h4-5,7H,2-3,6H2,1H3,(H,14,15)(H2,13,16,17). The number of hydrogen-bond acceptors (Lipinski definition) is 3. The van der Waals surface area contributed by atoms with Crippen LogP contribution in [0.4, 0.5) is 5.69 Å². The second-order valence-electron chi connectivity index (χ2n) is 3.86. The van der Waals surface area contributed by atoms with Crippen LogP contribution < -0.4 is 10.5 Å². The monoisotopic (exact) mass is 290 g/mol. The van der Waals surface area contributed by atoms with E-state index >= 15 is 0 Å². The molecule has 0 aliphatic rings. The summed E-state index contributed by atoms with van der Waals surface area (Å²) in [5, 5.41) is 7.67. The van der Waals surface area contributed by atoms with Crippen LogP contribution in [0.5, 0.6) is 0 Å². The summed E-state index contributed by atoms with van der Waals surface area (Å²) in [5.41, 5.74) is 1.21. The number of anilines is 1. The van der Waals surface area contributed by atoms with Crippen LogP contribution in [0.2, 0.25) is 0 Å². The molecule has 1 amide bonds. The Hall–Kier alpha value is -1.11. The number of amides is 1. The third-order valence-corrected chi connectivity index (χ3v) is 3.53. The molecule has 0 fully saturated rings. The molecule has 7 heteroatoms. The molecule has 1 rings (SSSR count). The van der Waals surface area contributed by atoms with Crippen LogP contribution in [0.25, 0.3) is 0 Å². The first-order valence-corrected chi connectivity index (χ1v) is 7.42. The van der Waals surface area contributed by atoms with E-state index in [4.69, 9.17) is 16.7 Å². The van der Waals surface area contributed by atoms with Crippen LogP contribution in [0.3, 0.4) is 0 Å². The SMILES string of the molecule is Cc1ccc(S(N)(=O)=O)cc1NC(=O)CCCCl. The fourth-order valence-corrected chi connectivity index (χ4v) is 2.03. The van der Waals surface area contributed by atoms with Gasteiger partial charge < -0.3 is 5.32 Å². The molecule has 0 aromatic heterocycles. The number of nitrogens with one attached hydrogen (secondary N) is 1. The van der Waals surface area contributed by atoms with Gasteiger partial charge in [-0.25, -0.2) is 13.6 Å². The van der Waals surface area contributed by atoms with Crippen LogP contribution >= 0.6 is 11.6 Å². The van der Waals surface area contributed by atoms with Crippen molar-refractivity contribution in [1.82, 2.24) is 0 Å². The summed E-state index contributed by atoms with van der Waals surface area (Å²) < 4.78 is 22.4. The van der Waals surface area contributed by atoms with Crippen molar-refractivity contribution in [2.75, 3.05) is 11.2 Å². The Morgan fingerprint density at radius 2 is 2.11 bits per heavy atom. The van der Waals surface area contributed by atoms with Crippen molar-refractivity contribution >= 4 is 33.2 Å². The Morgan fingerprint density at radius 3 is 2.67 bits per heavy atom. The Labute approximate surface area is 111 Å². The van der Waals surface area contributed by atoms with Gasteiger partial charge in [0.1, 0.15) is 0 Å². The van der Waals surface area contributed by atoms with Gasteiger partial charge in [-0.2, -0.15) is 0 Å². The maximum atomic E-state index is 11.5. The average Bonchev–Trinajstić information content (AvgIpc) is 2.28. The first-order valence-electron chi connectivity index (χ1n) is 5.34. The highest BCUT2D eigenvalue weighted by atomic mass is 35.5. The molecule has 0 unspecified atom stereocenters. The molecule has 18 heavy (non-hydrogen) atoms. The van der Waals surface area contributed by atoms with Gasteiger partial charge in [-0.15, -0.1) is 11.6 Å². The highest BCUT2D eigenvalue weighted by molar-refractivity contribution is 7.89. The molecule has 5 nitrogen and oxygen atoms in total. The summed E-state index contributed by atoms with van der Waals surface area (Å²) >= 11 is 5.49. The lowest BCUT2D eigenvalue weighted by Gasteiger charge is -2.09. The van der Waals surface area contributed by atoms with Gasteiger partial charge in [0.15, 0.2) is 0 Å². The molecule has 0 saturated carbocycles. The van der Waals surface area contributed by atoms with E-state index in [-0.39, 0.29) is 10.8 Å². The zero-order valence-electron chi connectivity index (χ0n) is 9.94. The lowest BCUT2D eigenvalue weighted by Crippen LogP contribution is -2.15. The summed E-state index contributed by atoms with van der Waals surface area (Å²) in [6, 6.07) is 4.35. The maximum absolute atomic E-state index is 11.5. The van der Waals surface area contributed by atoms with Crippen molar-refractivity contribution in [3.05, 3.63) is 23.8 Å². The molecule has 0 heterocycles. The van der Waals surface area contributed by atoms with Crippen molar-refractivity contribution < 1.29 is 13.2 Å². The van der Waals surface area contributed by atoms with Crippen molar-refractivity contribution in [3.63, 3.8) is 0 Å². The summed E-state index contributed by atoms with van der Waals surface area (Å²) in [5.74, 6) is 0.203. The van der Waals surface area contributed by atoms with Gasteiger partial charge in [0, 0.05) is 18.0 Å². The number of rotatable bonds is 5. The van der Waals surface area contributed by atoms with Crippen LogP contribution in [-0.4, -0.2) is 20.2 Å². The fraction of sp³-hybridized carbons (Fsp3) is 0.364. The number of carbonyl (C=O) groups excluding carboxylic acids is 1. The van der Waals surface area contributed by atoms with Crippen molar-refractivity contribution in [3.8, 4) is 0 Å². The second kappa shape index (κ2) is 6.17. The molecular weight excluding hydrogens is 276 g/mol.